The minimum atomic E-state index is -0.872. The Morgan fingerprint density at radius 2 is 1.96 bits per heavy atom. The molecule has 0 saturated carbocycles. The van der Waals surface area contributed by atoms with Crippen LogP contribution in [-0.2, 0) is 4.79 Å². The molecule has 6 heteroatoms. The molecule has 126 valence electrons. The van der Waals surface area contributed by atoms with E-state index < -0.39 is 11.9 Å². The van der Waals surface area contributed by atoms with Crippen LogP contribution in [-0.4, -0.2) is 35.1 Å². The number of aliphatic carboxylic acids is 1. The zero-order valence-electron chi connectivity index (χ0n) is 13.3. The minimum absolute atomic E-state index is 0.220. The quantitative estimate of drug-likeness (QED) is 0.908. The summed E-state index contributed by atoms with van der Waals surface area (Å²) in [6, 6.07) is 9.61. The number of rotatable bonds is 3. The van der Waals surface area contributed by atoms with Crippen molar-refractivity contribution < 1.29 is 19.1 Å². The number of amides is 2. The summed E-state index contributed by atoms with van der Waals surface area (Å²) in [5.41, 5.74) is 0.828. The molecule has 1 saturated heterocycles. The fraction of sp³-hybridized carbons (Fsp3) is 0.333. The van der Waals surface area contributed by atoms with E-state index in [9.17, 15) is 14.0 Å². The molecule has 2 amide bonds. The highest BCUT2D eigenvalue weighted by atomic mass is 19.1. The van der Waals surface area contributed by atoms with Crippen LogP contribution >= 0.6 is 0 Å². The molecule has 0 radical (unpaired) electrons. The fourth-order valence-electron chi connectivity index (χ4n) is 3.16. The number of fused-ring (bicyclic) bond motifs is 1. The van der Waals surface area contributed by atoms with E-state index in [2.05, 4.69) is 5.32 Å². The maximum absolute atomic E-state index is 13.9. The van der Waals surface area contributed by atoms with Gasteiger partial charge in [-0.2, -0.15) is 0 Å². The third-order valence-electron chi connectivity index (χ3n) is 4.54. The van der Waals surface area contributed by atoms with Crippen LogP contribution in [0.15, 0.2) is 36.4 Å². The van der Waals surface area contributed by atoms with E-state index in [4.69, 9.17) is 5.11 Å². The fourth-order valence-corrected chi connectivity index (χ4v) is 3.16. The van der Waals surface area contributed by atoms with Crippen molar-refractivity contribution in [1.82, 2.24) is 10.2 Å². The van der Waals surface area contributed by atoms with E-state index in [0.29, 0.717) is 18.4 Å². The Morgan fingerprint density at radius 1 is 1.25 bits per heavy atom. The molecule has 0 bridgehead atoms. The predicted molar refractivity (Wildman–Crippen MR) is 88.2 cm³/mol. The standard InChI is InChI=1S/C18H19FN2O3/c1-11(20-18(24)21-9-8-12(10-21)17(22)23)13-6-7-16(19)15-5-3-2-4-14(13)15/h2-7,11-12H,8-10H2,1H3,(H,20,24)(H,22,23). The smallest absolute Gasteiger partial charge is 0.317 e. The van der Waals surface area contributed by atoms with Gasteiger partial charge in [0.05, 0.1) is 12.0 Å². The zero-order chi connectivity index (χ0) is 17.3. The summed E-state index contributed by atoms with van der Waals surface area (Å²) in [6.07, 6.45) is 0.469. The lowest BCUT2D eigenvalue weighted by Gasteiger charge is -2.22. The first-order valence-electron chi connectivity index (χ1n) is 7.92. The maximum atomic E-state index is 13.9. The Morgan fingerprint density at radius 3 is 2.62 bits per heavy atom. The maximum Gasteiger partial charge on any atom is 0.317 e. The number of carbonyl (C=O) groups excluding carboxylic acids is 1. The van der Waals surface area contributed by atoms with Crippen molar-refractivity contribution in [2.24, 2.45) is 5.92 Å². The lowest BCUT2D eigenvalue weighted by molar-refractivity contribution is -0.141. The first-order valence-corrected chi connectivity index (χ1v) is 7.92. The first kappa shape index (κ1) is 16.2. The summed E-state index contributed by atoms with van der Waals surface area (Å²) >= 11 is 0. The van der Waals surface area contributed by atoms with Crippen LogP contribution in [0.3, 0.4) is 0 Å². The van der Waals surface area contributed by atoms with Gasteiger partial charge < -0.3 is 15.3 Å². The molecule has 2 unspecified atom stereocenters. The van der Waals surface area contributed by atoms with E-state index in [-0.39, 0.29) is 24.4 Å². The van der Waals surface area contributed by atoms with E-state index in [0.717, 1.165) is 10.9 Å². The average molecular weight is 330 g/mol. The van der Waals surface area contributed by atoms with Gasteiger partial charge in [-0.05, 0) is 30.4 Å². The number of carboxylic acids is 1. The van der Waals surface area contributed by atoms with Gasteiger partial charge in [-0.3, -0.25) is 4.79 Å². The molecular weight excluding hydrogens is 311 g/mol. The van der Waals surface area contributed by atoms with Gasteiger partial charge in [-0.25, -0.2) is 9.18 Å². The van der Waals surface area contributed by atoms with Gasteiger partial charge in [0, 0.05) is 18.5 Å². The molecule has 2 atom stereocenters. The molecule has 1 aliphatic heterocycles. The molecule has 2 N–H and O–H groups in total. The van der Waals surface area contributed by atoms with Crippen LogP contribution in [0, 0.1) is 11.7 Å². The molecule has 2 aromatic rings. The molecule has 24 heavy (non-hydrogen) atoms. The highest BCUT2D eigenvalue weighted by Gasteiger charge is 2.31. The largest absolute Gasteiger partial charge is 0.481 e. The number of carbonyl (C=O) groups is 2. The van der Waals surface area contributed by atoms with Crippen molar-refractivity contribution in [1.29, 1.82) is 0 Å². The number of benzene rings is 2. The number of urea groups is 1. The monoisotopic (exact) mass is 330 g/mol. The minimum Gasteiger partial charge on any atom is -0.481 e. The second-order valence-electron chi connectivity index (χ2n) is 6.12. The Bertz CT molecular complexity index is 793. The molecule has 1 aliphatic rings. The van der Waals surface area contributed by atoms with Crippen molar-refractivity contribution >= 4 is 22.8 Å². The normalized spacial score (nSPS) is 18.6. The van der Waals surface area contributed by atoms with Gasteiger partial charge in [-0.15, -0.1) is 0 Å². The third-order valence-corrected chi connectivity index (χ3v) is 4.54. The predicted octanol–water partition coefficient (Wildman–Crippen LogP) is 3.16. The Hall–Kier alpha value is -2.63. The lowest BCUT2D eigenvalue weighted by Crippen LogP contribution is -2.40. The lowest BCUT2D eigenvalue weighted by atomic mass is 9.99. The van der Waals surface area contributed by atoms with Crippen molar-refractivity contribution in [3.63, 3.8) is 0 Å². The number of hydrogen-bond acceptors (Lipinski definition) is 2. The van der Waals surface area contributed by atoms with Gasteiger partial charge >= 0.3 is 12.0 Å². The van der Waals surface area contributed by atoms with Crippen molar-refractivity contribution in [2.45, 2.75) is 19.4 Å². The van der Waals surface area contributed by atoms with Gasteiger partial charge in [0.1, 0.15) is 5.82 Å². The summed E-state index contributed by atoms with van der Waals surface area (Å²) in [5, 5.41) is 13.2. The van der Waals surface area contributed by atoms with Crippen LogP contribution in [0.25, 0.3) is 10.8 Å². The summed E-state index contributed by atoms with van der Waals surface area (Å²) in [6.45, 7) is 2.49. The second kappa shape index (κ2) is 6.47. The van der Waals surface area contributed by atoms with Gasteiger partial charge in [-0.1, -0.05) is 30.3 Å². The van der Waals surface area contributed by atoms with Gasteiger partial charge in [0.2, 0.25) is 0 Å². The molecule has 0 aromatic heterocycles. The number of halogens is 1. The van der Waals surface area contributed by atoms with Crippen LogP contribution in [0.4, 0.5) is 9.18 Å². The van der Waals surface area contributed by atoms with Crippen molar-refractivity contribution in [3.05, 3.63) is 47.8 Å². The third kappa shape index (κ3) is 3.04. The average Bonchev–Trinajstić information content (AvgIpc) is 3.06. The zero-order valence-corrected chi connectivity index (χ0v) is 13.3. The second-order valence-corrected chi connectivity index (χ2v) is 6.12. The topological polar surface area (TPSA) is 69.6 Å². The first-order chi connectivity index (χ1) is 11.5. The SMILES string of the molecule is CC(NC(=O)N1CCC(C(=O)O)C1)c1ccc(F)c2ccccc12. The Balaban J connectivity index is 1.76. The van der Waals surface area contributed by atoms with Crippen LogP contribution < -0.4 is 5.32 Å². The highest BCUT2D eigenvalue weighted by molar-refractivity contribution is 5.87. The van der Waals surface area contributed by atoms with E-state index in [1.54, 1.807) is 18.2 Å². The van der Waals surface area contributed by atoms with Crippen LogP contribution in [0.5, 0.6) is 0 Å². The van der Waals surface area contributed by atoms with Crippen molar-refractivity contribution in [2.75, 3.05) is 13.1 Å². The molecule has 1 heterocycles. The number of nitrogens with zero attached hydrogens (tertiary/aromatic N) is 1. The van der Waals surface area contributed by atoms with Gasteiger partial charge in [0.15, 0.2) is 0 Å². The summed E-state index contributed by atoms with van der Waals surface area (Å²) < 4.78 is 13.9. The van der Waals surface area contributed by atoms with Crippen LogP contribution in [0.2, 0.25) is 0 Å². The molecule has 5 nitrogen and oxygen atoms in total. The summed E-state index contributed by atoms with van der Waals surface area (Å²) in [7, 11) is 0. The molecule has 2 aromatic carbocycles. The summed E-state index contributed by atoms with van der Waals surface area (Å²) in [4.78, 5) is 24.9. The molecular formula is C18H19FN2O3. The summed E-state index contributed by atoms with van der Waals surface area (Å²) in [5.74, 6) is -1.67. The molecule has 0 spiro atoms. The number of likely N-dealkylation sites (tertiary alicyclic amines) is 1. The molecule has 0 aliphatic carbocycles. The number of hydrogen-bond donors (Lipinski definition) is 2. The van der Waals surface area contributed by atoms with Crippen molar-refractivity contribution in [3.8, 4) is 0 Å². The van der Waals surface area contributed by atoms with E-state index >= 15 is 0 Å². The molecule has 1 fully saturated rings. The van der Waals surface area contributed by atoms with Crippen LogP contribution in [0.1, 0.15) is 24.9 Å². The highest BCUT2D eigenvalue weighted by Crippen LogP contribution is 2.27. The Labute approximate surface area is 139 Å². The number of carboxylic acid groups (broad SMARTS) is 1. The van der Waals surface area contributed by atoms with E-state index in [1.165, 1.54) is 11.0 Å². The van der Waals surface area contributed by atoms with E-state index in [1.807, 2.05) is 19.1 Å². The van der Waals surface area contributed by atoms with Gasteiger partial charge in [0.25, 0.3) is 0 Å². The number of nitrogens with one attached hydrogen (secondary N) is 1. The Kier molecular flexibility index (Phi) is 4.38. The molecule has 3 rings (SSSR count).